The number of Topliss-reactive ketones (excluding diaryl/α,β-unsaturated/α-hetero) is 1. The molecule has 4 heteroatoms. The van der Waals surface area contributed by atoms with Crippen LogP contribution in [0.2, 0.25) is 0 Å². The molecule has 0 aliphatic rings. The molecule has 0 spiro atoms. The number of ether oxygens (including phenoxy) is 1. The average Bonchev–Trinajstić information content (AvgIpc) is 2.38. The minimum absolute atomic E-state index is 0.293. The number of aryl methyl sites for hydroxylation is 1. The van der Waals surface area contributed by atoms with E-state index in [0.717, 1.165) is 17.7 Å². The number of aliphatic carboxylic acids is 1. The molecule has 1 unspecified atom stereocenters. The van der Waals surface area contributed by atoms with Gasteiger partial charge in [0.25, 0.3) is 0 Å². The van der Waals surface area contributed by atoms with E-state index in [0.29, 0.717) is 12.0 Å². The molecular weight excluding hydrogens is 232 g/mol. The summed E-state index contributed by atoms with van der Waals surface area (Å²) in [5.41, 5.74) is 1.34. The topological polar surface area (TPSA) is 63.6 Å². The van der Waals surface area contributed by atoms with Crippen LogP contribution < -0.4 is 4.74 Å². The van der Waals surface area contributed by atoms with E-state index in [1.54, 1.807) is 32.2 Å². The summed E-state index contributed by atoms with van der Waals surface area (Å²) >= 11 is 0. The van der Waals surface area contributed by atoms with Gasteiger partial charge in [0.15, 0.2) is 5.78 Å². The van der Waals surface area contributed by atoms with Crippen molar-refractivity contribution in [3.8, 4) is 5.75 Å². The molecule has 0 amide bonds. The number of rotatable bonds is 6. The number of benzene rings is 1. The van der Waals surface area contributed by atoms with Crippen molar-refractivity contribution in [1.82, 2.24) is 0 Å². The number of methoxy groups -OCH3 is 1. The van der Waals surface area contributed by atoms with Crippen LogP contribution >= 0.6 is 0 Å². The van der Waals surface area contributed by atoms with Gasteiger partial charge in [-0.05, 0) is 36.6 Å². The summed E-state index contributed by atoms with van der Waals surface area (Å²) in [5.74, 6) is -1.67. The van der Waals surface area contributed by atoms with Gasteiger partial charge in [0.2, 0.25) is 0 Å². The maximum atomic E-state index is 12.1. The van der Waals surface area contributed by atoms with Crippen LogP contribution in [-0.4, -0.2) is 24.0 Å². The normalized spacial score (nSPS) is 11.9. The van der Waals surface area contributed by atoms with Gasteiger partial charge in [-0.3, -0.25) is 9.59 Å². The van der Waals surface area contributed by atoms with Crippen molar-refractivity contribution in [3.63, 3.8) is 0 Å². The Morgan fingerprint density at radius 1 is 1.33 bits per heavy atom. The smallest absolute Gasteiger partial charge is 0.314 e. The van der Waals surface area contributed by atoms with Crippen LogP contribution in [0.15, 0.2) is 18.2 Å². The number of carbonyl (C=O) groups is 2. The molecule has 0 saturated carbocycles. The Hall–Kier alpha value is -1.84. The molecule has 4 nitrogen and oxygen atoms in total. The van der Waals surface area contributed by atoms with E-state index in [2.05, 4.69) is 0 Å². The van der Waals surface area contributed by atoms with E-state index in [-0.39, 0.29) is 5.78 Å². The third kappa shape index (κ3) is 2.88. The second kappa shape index (κ2) is 6.19. The molecule has 0 saturated heterocycles. The molecule has 1 aromatic rings. The first-order chi connectivity index (χ1) is 8.54. The van der Waals surface area contributed by atoms with E-state index in [9.17, 15) is 9.59 Å². The first-order valence-corrected chi connectivity index (χ1v) is 5.99. The van der Waals surface area contributed by atoms with E-state index in [4.69, 9.17) is 9.84 Å². The average molecular weight is 250 g/mol. The highest BCUT2D eigenvalue weighted by Gasteiger charge is 2.25. The Morgan fingerprint density at radius 2 is 2.00 bits per heavy atom. The second-order valence-electron chi connectivity index (χ2n) is 4.04. The lowest BCUT2D eigenvalue weighted by Gasteiger charge is -2.11. The molecular formula is C14H18O4. The van der Waals surface area contributed by atoms with E-state index >= 15 is 0 Å². The van der Waals surface area contributed by atoms with E-state index < -0.39 is 11.9 Å². The van der Waals surface area contributed by atoms with Gasteiger partial charge in [-0.15, -0.1) is 0 Å². The zero-order valence-corrected chi connectivity index (χ0v) is 10.9. The van der Waals surface area contributed by atoms with E-state index in [1.165, 1.54) is 0 Å². The molecule has 1 atom stereocenters. The lowest BCUT2D eigenvalue weighted by Crippen LogP contribution is -2.23. The maximum absolute atomic E-state index is 12.1. The van der Waals surface area contributed by atoms with Gasteiger partial charge >= 0.3 is 5.97 Å². The van der Waals surface area contributed by atoms with Crippen molar-refractivity contribution in [2.24, 2.45) is 5.92 Å². The Labute approximate surface area is 107 Å². The summed E-state index contributed by atoms with van der Waals surface area (Å²) in [7, 11) is 1.57. The molecule has 0 aliphatic carbocycles. The molecule has 0 bridgehead atoms. The fourth-order valence-corrected chi connectivity index (χ4v) is 1.88. The predicted molar refractivity (Wildman–Crippen MR) is 68.1 cm³/mol. The van der Waals surface area contributed by atoms with Gasteiger partial charge in [0.1, 0.15) is 11.7 Å². The third-order valence-electron chi connectivity index (χ3n) is 2.97. The number of ketones is 1. The van der Waals surface area contributed by atoms with E-state index in [1.807, 2.05) is 6.92 Å². The second-order valence-corrected chi connectivity index (χ2v) is 4.04. The fourth-order valence-electron chi connectivity index (χ4n) is 1.88. The molecule has 1 rings (SSSR count). The molecule has 98 valence electrons. The highest BCUT2D eigenvalue weighted by molar-refractivity contribution is 6.08. The summed E-state index contributed by atoms with van der Waals surface area (Å²) in [6.07, 6.45) is 1.02. The molecule has 0 radical (unpaired) electrons. The van der Waals surface area contributed by atoms with Gasteiger partial charge < -0.3 is 9.84 Å². The molecule has 0 aliphatic heterocycles. The molecule has 0 aromatic heterocycles. The van der Waals surface area contributed by atoms with Crippen LogP contribution in [0.4, 0.5) is 0 Å². The van der Waals surface area contributed by atoms with Crippen LogP contribution in [0.5, 0.6) is 5.75 Å². The van der Waals surface area contributed by atoms with Crippen molar-refractivity contribution in [2.75, 3.05) is 7.11 Å². The number of carboxylic acid groups (broad SMARTS) is 1. The summed E-state index contributed by atoms with van der Waals surface area (Å²) in [6.45, 7) is 3.65. The Kier molecular flexibility index (Phi) is 4.89. The van der Waals surface area contributed by atoms with Gasteiger partial charge in [0, 0.05) is 5.56 Å². The summed E-state index contributed by atoms with van der Waals surface area (Å²) < 4.78 is 5.18. The Bertz CT molecular complexity index is 451. The third-order valence-corrected chi connectivity index (χ3v) is 2.97. The SMILES string of the molecule is CCc1cc(C(=O)C(CC)C(=O)O)ccc1OC. The monoisotopic (exact) mass is 250 g/mol. The molecule has 1 N–H and O–H groups in total. The van der Waals surface area contributed by atoms with Crippen molar-refractivity contribution in [2.45, 2.75) is 26.7 Å². The van der Waals surface area contributed by atoms with Crippen molar-refractivity contribution in [3.05, 3.63) is 29.3 Å². The van der Waals surface area contributed by atoms with Crippen LogP contribution in [-0.2, 0) is 11.2 Å². The van der Waals surface area contributed by atoms with Gasteiger partial charge in [-0.25, -0.2) is 0 Å². The highest BCUT2D eigenvalue weighted by atomic mass is 16.5. The molecule has 18 heavy (non-hydrogen) atoms. The summed E-state index contributed by atoms with van der Waals surface area (Å²) in [4.78, 5) is 23.0. The lowest BCUT2D eigenvalue weighted by atomic mass is 9.94. The van der Waals surface area contributed by atoms with Crippen LogP contribution in [0.1, 0.15) is 36.2 Å². The standard InChI is InChI=1S/C14H18O4/c1-4-9-8-10(6-7-12(9)18-3)13(15)11(5-2)14(16)17/h6-8,11H,4-5H2,1-3H3,(H,16,17). The van der Waals surface area contributed by atoms with Crippen LogP contribution in [0, 0.1) is 5.92 Å². The minimum atomic E-state index is -1.07. The first-order valence-electron chi connectivity index (χ1n) is 5.99. The zero-order chi connectivity index (χ0) is 13.7. The minimum Gasteiger partial charge on any atom is -0.496 e. The molecule has 0 fully saturated rings. The van der Waals surface area contributed by atoms with Crippen molar-refractivity contribution in [1.29, 1.82) is 0 Å². The summed E-state index contributed by atoms with van der Waals surface area (Å²) in [6, 6.07) is 5.04. The number of hydrogen-bond donors (Lipinski definition) is 1. The van der Waals surface area contributed by atoms with Crippen molar-refractivity contribution < 1.29 is 19.4 Å². The first kappa shape index (κ1) is 14.2. The lowest BCUT2D eigenvalue weighted by molar-refractivity contribution is -0.140. The Morgan fingerprint density at radius 3 is 2.44 bits per heavy atom. The largest absolute Gasteiger partial charge is 0.496 e. The summed E-state index contributed by atoms with van der Waals surface area (Å²) in [5, 5.41) is 8.99. The van der Waals surface area contributed by atoms with Crippen LogP contribution in [0.25, 0.3) is 0 Å². The molecule has 0 heterocycles. The quantitative estimate of drug-likeness (QED) is 0.622. The maximum Gasteiger partial charge on any atom is 0.314 e. The molecule has 1 aromatic carbocycles. The van der Waals surface area contributed by atoms with Gasteiger partial charge in [-0.2, -0.15) is 0 Å². The van der Waals surface area contributed by atoms with Gasteiger partial charge in [0.05, 0.1) is 7.11 Å². The Balaban J connectivity index is 3.10. The highest BCUT2D eigenvalue weighted by Crippen LogP contribution is 2.22. The number of carboxylic acids is 1. The number of hydrogen-bond acceptors (Lipinski definition) is 3. The zero-order valence-electron chi connectivity index (χ0n) is 10.9. The van der Waals surface area contributed by atoms with Gasteiger partial charge in [-0.1, -0.05) is 13.8 Å². The fraction of sp³-hybridized carbons (Fsp3) is 0.429. The number of carbonyl (C=O) groups excluding carboxylic acids is 1. The predicted octanol–water partition coefficient (Wildman–Crippen LogP) is 2.55. The van der Waals surface area contributed by atoms with Crippen molar-refractivity contribution >= 4 is 11.8 Å². The van der Waals surface area contributed by atoms with Crippen LogP contribution in [0.3, 0.4) is 0 Å².